The average molecular weight is 362 g/mol. The number of aromatic nitrogens is 1. The number of amides is 2. The van der Waals surface area contributed by atoms with Gasteiger partial charge in [-0.1, -0.05) is 29.7 Å². The van der Waals surface area contributed by atoms with E-state index < -0.39 is 0 Å². The molecule has 0 unspecified atom stereocenters. The number of nitrogens with one attached hydrogen (secondary N) is 2. The fraction of sp³-hybridized carbons (Fsp3) is 0.235. The fourth-order valence-corrected chi connectivity index (χ4v) is 3.13. The summed E-state index contributed by atoms with van der Waals surface area (Å²) in [6, 6.07) is 7.31. The van der Waals surface area contributed by atoms with Gasteiger partial charge in [-0.05, 0) is 19.1 Å². The number of hydrogen-bond donors (Lipinski definition) is 2. The SMILES string of the molecule is C#CCNC(=O)CCNC(=O)c1sc(-c2cccc(Cl)c2)nc1C. The molecule has 0 spiro atoms. The Morgan fingerprint density at radius 2 is 2.17 bits per heavy atom. The van der Waals surface area contributed by atoms with Crippen LogP contribution in [0.25, 0.3) is 10.6 Å². The quantitative estimate of drug-likeness (QED) is 0.777. The first-order chi connectivity index (χ1) is 11.5. The lowest BCUT2D eigenvalue weighted by Crippen LogP contribution is -2.30. The molecule has 1 aromatic heterocycles. The van der Waals surface area contributed by atoms with E-state index in [0.717, 1.165) is 10.6 Å². The van der Waals surface area contributed by atoms with Crippen LogP contribution in [0.3, 0.4) is 0 Å². The van der Waals surface area contributed by atoms with Gasteiger partial charge >= 0.3 is 0 Å². The summed E-state index contributed by atoms with van der Waals surface area (Å²) in [5, 5.41) is 6.60. The molecule has 5 nitrogen and oxygen atoms in total. The third-order valence-electron chi connectivity index (χ3n) is 3.10. The van der Waals surface area contributed by atoms with E-state index in [1.165, 1.54) is 11.3 Å². The molecule has 1 heterocycles. The molecular formula is C17H16ClN3O2S. The number of carbonyl (C=O) groups excluding carboxylic acids is 2. The predicted octanol–water partition coefficient (Wildman–Crippen LogP) is 2.64. The summed E-state index contributed by atoms with van der Waals surface area (Å²) in [5.74, 6) is 1.87. The second kappa shape index (κ2) is 8.48. The molecule has 2 amide bonds. The summed E-state index contributed by atoms with van der Waals surface area (Å²) in [6.45, 7) is 2.20. The number of thiazole rings is 1. The molecule has 0 aliphatic rings. The zero-order valence-corrected chi connectivity index (χ0v) is 14.6. The van der Waals surface area contributed by atoms with Crippen LogP contribution in [0.4, 0.5) is 0 Å². The standard InChI is InChI=1S/C17H16ClN3O2S/c1-3-8-19-14(22)7-9-20-16(23)15-11(2)21-17(24-15)12-5-4-6-13(18)10-12/h1,4-6,10H,7-9H2,2H3,(H,19,22)(H,20,23). The minimum atomic E-state index is -0.247. The number of nitrogens with zero attached hydrogens (tertiary/aromatic N) is 1. The molecule has 2 rings (SSSR count). The van der Waals surface area contributed by atoms with Crippen molar-refractivity contribution in [3.05, 3.63) is 39.9 Å². The van der Waals surface area contributed by atoms with Gasteiger partial charge in [0, 0.05) is 23.6 Å². The molecule has 7 heteroatoms. The molecular weight excluding hydrogens is 346 g/mol. The van der Waals surface area contributed by atoms with Crippen molar-refractivity contribution >= 4 is 34.8 Å². The molecule has 0 radical (unpaired) electrons. The molecule has 24 heavy (non-hydrogen) atoms. The van der Waals surface area contributed by atoms with Gasteiger partial charge in [-0.2, -0.15) is 0 Å². The molecule has 0 fully saturated rings. The van der Waals surface area contributed by atoms with E-state index in [2.05, 4.69) is 21.5 Å². The zero-order valence-electron chi connectivity index (χ0n) is 13.1. The summed E-state index contributed by atoms with van der Waals surface area (Å²) >= 11 is 7.28. The smallest absolute Gasteiger partial charge is 0.263 e. The highest BCUT2D eigenvalue weighted by atomic mass is 35.5. The van der Waals surface area contributed by atoms with Crippen molar-refractivity contribution < 1.29 is 9.59 Å². The number of benzene rings is 1. The maximum atomic E-state index is 12.2. The molecule has 0 aliphatic heterocycles. The topological polar surface area (TPSA) is 71.1 Å². The number of aryl methyl sites for hydroxylation is 1. The van der Waals surface area contributed by atoms with Gasteiger partial charge in [0.05, 0.1) is 12.2 Å². The van der Waals surface area contributed by atoms with Gasteiger partial charge < -0.3 is 10.6 Å². The molecule has 0 saturated carbocycles. The first-order valence-electron chi connectivity index (χ1n) is 7.23. The van der Waals surface area contributed by atoms with E-state index in [9.17, 15) is 9.59 Å². The van der Waals surface area contributed by atoms with Crippen molar-refractivity contribution in [2.45, 2.75) is 13.3 Å². The van der Waals surface area contributed by atoms with Crippen LogP contribution < -0.4 is 10.6 Å². The van der Waals surface area contributed by atoms with Crippen LogP contribution in [-0.4, -0.2) is 29.9 Å². The van der Waals surface area contributed by atoms with Crippen LogP contribution >= 0.6 is 22.9 Å². The molecule has 0 atom stereocenters. The van der Waals surface area contributed by atoms with E-state index in [4.69, 9.17) is 18.0 Å². The molecule has 2 aromatic rings. The first-order valence-corrected chi connectivity index (χ1v) is 8.42. The van der Waals surface area contributed by atoms with Crippen LogP contribution in [0.1, 0.15) is 21.8 Å². The molecule has 0 bridgehead atoms. The first kappa shape index (κ1) is 18.0. The van der Waals surface area contributed by atoms with Crippen molar-refractivity contribution in [3.63, 3.8) is 0 Å². The van der Waals surface area contributed by atoms with E-state index in [1.54, 1.807) is 19.1 Å². The highest BCUT2D eigenvalue weighted by Crippen LogP contribution is 2.29. The highest BCUT2D eigenvalue weighted by Gasteiger charge is 2.16. The molecule has 1 aromatic carbocycles. The Labute approximate surface area is 149 Å². The van der Waals surface area contributed by atoms with Crippen molar-refractivity contribution in [1.82, 2.24) is 15.6 Å². The van der Waals surface area contributed by atoms with Crippen LogP contribution in [0.15, 0.2) is 24.3 Å². The summed E-state index contributed by atoms with van der Waals surface area (Å²) in [6.07, 6.45) is 5.23. The Hall–Kier alpha value is -2.36. The Bertz CT molecular complexity index is 795. The van der Waals surface area contributed by atoms with Gasteiger partial charge in [0.2, 0.25) is 5.91 Å². The maximum Gasteiger partial charge on any atom is 0.263 e. The third kappa shape index (κ3) is 4.82. The third-order valence-corrected chi connectivity index (χ3v) is 4.54. The van der Waals surface area contributed by atoms with Crippen molar-refractivity contribution in [1.29, 1.82) is 0 Å². The van der Waals surface area contributed by atoms with Gasteiger partial charge in [-0.15, -0.1) is 17.8 Å². The summed E-state index contributed by atoms with van der Waals surface area (Å²) in [5.41, 5.74) is 1.51. The summed E-state index contributed by atoms with van der Waals surface area (Å²) < 4.78 is 0. The number of carbonyl (C=O) groups is 2. The predicted molar refractivity (Wildman–Crippen MR) is 96.1 cm³/mol. The number of hydrogen-bond acceptors (Lipinski definition) is 4. The molecule has 2 N–H and O–H groups in total. The number of terminal acetylenes is 1. The highest BCUT2D eigenvalue weighted by molar-refractivity contribution is 7.17. The Morgan fingerprint density at radius 1 is 1.38 bits per heavy atom. The largest absolute Gasteiger partial charge is 0.351 e. The van der Waals surface area contributed by atoms with Gasteiger partial charge in [-0.25, -0.2) is 4.98 Å². The van der Waals surface area contributed by atoms with Crippen LogP contribution in [0, 0.1) is 19.3 Å². The van der Waals surface area contributed by atoms with Crippen LogP contribution in [0.5, 0.6) is 0 Å². The maximum absolute atomic E-state index is 12.2. The minimum absolute atomic E-state index is 0.173. The summed E-state index contributed by atoms with van der Waals surface area (Å²) in [7, 11) is 0. The van der Waals surface area contributed by atoms with E-state index in [1.807, 2.05) is 12.1 Å². The van der Waals surface area contributed by atoms with Crippen LogP contribution in [0.2, 0.25) is 5.02 Å². The lowest BCUT2D eigenvalue weighted by atomic mass is 10.2. The van der Waals surface area contributed by atoms with Crippen LogP contribution in [-0.2, 0) is 4.79 Å². The monoisotopic (exact) mass is 361 g/mol. The zero-order chi connectivity index (χ0) is 17.5. The Balaban J connectivity index is 1.98. The fourth-order valence-electron chi connectivity index (χ4n) is 1.96. The van der Waals surface area contributed by atoms with Gasteiger partial charge in [0.15, 0.2) is 0 Å². The Morgan fingerprint density at radius 3 is 2.88 bits per heavy atom. The lowest BCUT2D eigenvalue weighted by Gasteiger charge is -2.04. The number of rotatable bonds is 6. The van der Waals surface area contributed by atoms with Gasteiger partial charge in [0.25, 0.3) is 5.91 Å². The summed E-state index contributed by atoms with van der Waals surface area (Å²) in [4.78, 5) is 28.6. The minimum Gasteiger partial charge on any atom is -0.351 e. The Kier molecular flexibility index (Phi) is 6.36. The van der Waals surface area contributed by atoms with Gasteiger partial charge in [0.1, 0.15) is 9.88 Å². The van der Waals surface area contributed by atoms with Crippen molar-refractivity contribution in [2.24, 2.45) is 0 Å². The molecule has 124 valence electrons. The second-order valence-corrected chi connectivity index (χ2v) is 6.37. The second-order valence-electron chi connectivity index (χ2n) is 4.93. The normalized spacial score (nSPS) is 10.0. The molecule has 0 aliphatic carbocycles. The van der Waals surface area contributed by atoms with E-state index in [-0.39, 0.29) is 31.3 Å². The average Bonchev–Trinajstić information content (AvgIpc) is 2.95. The lowest BCUT2D eigenvalue weighted by molar-refractivity contribution is -0.120. The molecule has 0 saturated heterocycles. The van der Waals surface area contributed by atoms with E-state index >= 15 is 0 Å². The van der Waals surface area contributed by atoms with Crippen molar-refractivity contribution in [3.8, 4) is 22.9 Å². The van der Waals surface area contributed by atoms with E-state index in [0.29, 0.717) is 15.6 Å². The van der Waals surface area contributed by atoms with Crippen molar-refractivity contribution in [2.75, 3.05) is 13.1 Å². The van der Waals surface area contributed by atoms with Gasteiger partial charge in [-0.3, -0.25) is 9.59 Å². The number of halogens is 1.